The van der Waals surface area contributed by atoms with Crippen LogP contribution in [0.4, 0.5) is 5.69 Å². The summed E-state index contributed by atoms with van der Waals surface area (Å²) in [7, 11) is 0. The number of aryl methyl sites for hydroxylation is 1. The maximum atomic E-state index is 11.9. The van der Waals surface area contributed by atoms with E-state index in [1.54, 1.807) is 0 Å². The second kappa shape index (κ2) is 5.42. The Hall–Kier alpha value is -2.21. The zero-order valence-corrected chi connectivity index (χ0v) is 11.2. The predicted octanol–water partition coefficient (Wildman–Crippen LogP) is 1.59. The van der Waals surface area contributed by atoms with E-state index in [-0.39, 0.29) is 5.91 Å². The van der Waals surface area contributed by atoms with E-state index < -0.39 is 0 Å². The van der Waals surface area contributed by atoms with E-state index in [0.717, 1.165) is 29.9 Å². The highest BCUT2D eigenvalue weighted by molar-refractivity contribution is 5.92. The number of anilines is 1. The lowest BCUT2D eigenvalue weighted by Gasteiger charge is -2.26. The van der Waals surface area contributed by atoms with Gasteiger partial charge in [0, 0.05) is 17.7 Å². The summed E-state index contributed by atoms with van der Waals surface area (Å²) in [6.45, 7) is 3.81. The Labute approximate surface area is 116 Å². The molecular weight excluding hydrogens is 256 g/mol. The lowest BCUT2D eigenvalue weighted by molar-refractivity contribution is -0.117. The number of hydrogen-bond donors (Lipinski definition) is 2. The molecule has 0 bridgehead atoms. The molecule has 1 saturated heterocycles. The van der Waals surface area contributed by atoms with Gasteiger partial charge in [-0.25, -0.2) is 0 Å². The Balaban J connectivity index is 1.69. The fraction of sp³-hybridized carbons (Fsp3) is 0.357. The van der Waals surface area contributed by atoms with Gasteiger partial charge < -0.3 is 15.1 Å². The Morgan fingerprint density at radius 2 is 2.35 bits per heavy atom. The van der Waals surface area contributed by atoms with Crippen molar-refractivity contribution in [2.24, 2.45) is 5.92 Å². The summed E-state index contributed by atoms with van der Waals surface area (Å²) in [5, 5.41) is 13.6. The maximum absolute atomic E-state index is 11.9. The lowest BCUT2D eigenvalue weighted by Crippen LogP contribution is -2.43. The summed E-state index contributed by atoms with van der Waals surface area (Å²) in [5.41, 5.74) is 2.65. The van der Waals surface area contributed by atoms with Crippen molar-refractivity contribution in [2.45, 2.75) is 13.3 Å². The lowest BCUT2D eigenvalue weighted by atomic mass is 9.99. The van der Waals surface area contributed by atoms with Crippen LogP contribution in [0.1, 0.15) is 12.0 Å². The predicted molar refractivity (Wildman–Crippen MR) is 74.1 cm³/mol. The van der Waals surface area contributed by atoms with Gasteiger partial charge >= 0.3 is 0 Å². The molecular formula is C14H16N4O2. The molecule has 6 nitrogen and oxygen atoms in total. The quantitative estimate of drug-likeness (QED) is 0.883. The first kappa shape index (κ1) is 12.8. The molecule has 0 atom stereocenters. The minimum Gasteiger partial charge on any atom is -0.423 e. The fourth-order valence-corrected chi connectivity index (χ4v) is 2.19. The molecule has 2 heterocycles. The monoisotopic (exact) mass is 272 g/mol. The van der Waals surface area contributed by atoms with Crippen LogP contribution in [-0.2, 0) is 4.79 Å². The third-order valence-corrected chi connectivity index (χ3v) is 3.45. The largest absolute Gasteiger partial charge is 0.423 e. The van der Waals surface area contributed by atoms with Gasteiger partial charge in [0.25, 0.3) is 0 Å². The second-order valence-electron chi connectivity index (χ2n) is 5.05. The van der Waals surface area contributed by atoms with Gasteiger partial charge in [-0.15, -0.1) is 10.2 Å². The molecule has 0 saturated carbocycles. The minimum atomic E-state index is 0.0603. The number of carbonyl (C=O) groups is 1. The highest BCUT2D eigenvalue weighted by atomic mass is 16.4. The topological polar surface area (TPSA) is 80.1 Å². The summed E-state index contributed by atoms with van der Waals surface area (Å²) < 4.78 is 5.15. The summed E-state index contributed by atoms with van der Waals surface area (Å²) in [6, 6.07) is 5.65. The van der Waals surface area contributed by atoms with Crippen molar-refractivity contribution in [3.8, 4) is 11.5 Å². The number of nitrogens with zero attached hydrogens (tertiary/aromatic N) is 2. The minimum absolute atomic E-state index is 0.0603. The van der Waals surface area contributed by atoms with Gasteiger partial charge in [0.1, 0.15) is 0 Å². The van der Waals surface area contributed by atoms with Gasteiger partial charge in [-0.1, -0.05) is 0 Å². The Bertz CT molecular complexity index is 606. The molecule has 1 aliphatic heterocycles. The molecule has 1 fully saturated rings. The van der Waals surface area contributed by atoms with Crippen LogP contribution in [0.2, 0.25) is 0 Å². The summed E-state index contributed by atoms with van der Waals surface area (Å²) >= 11 is 0. The molecule has 0 aliphatic carbocycles. The Kier molecular flexibility index (Phi) is 3.47. The van der Waals surface area contributed by atoms with E-state index in [4.69, 9.17) is 4.42 Å². The summed E-state index contributed by atoms with van der Waals surface area (Å²) in [6.07, 6.45) is 1.87. The first-order chi connectivity index (χ1) is 9.72. The molecule has 0 spiro atoms. The summed E-state index contributed by atoms with van der Waals surface area (Å²) in [4.78, 5) is 11.9. The standard InChI is InChI=1S/C14H16N4O2/c1-9-4-11(14-18-16-8-20-14)2-3-12(9)17-13(19)5-10-6-15-7-10/h2-4,8,10,15H,5-7H2,1H3,(H,17,19). The Morgan fingerprint density at radius 3 is 2.95 bits per heavy atom. The summed E-state index contributed by atoms with van der Waals surface area (Å²) in [5.74, 6) is 1.00. The molecule has 1 aromatic heterocycles. The number of amides is 1. The van der Waals surface area contributed by atoms with E-state index in [0.29, 0.717) is 18.2 Å². The van der Waals surface area contributed by atoms with Gasteiger partial charge in [-0.2, -0.15) is 0 Å². The van der Waals surface area contributed by atoms with Crippen LogP contribution in [0.25, 0.3) is 11.5 Å². The highest BCUT2D eigenvalue weighted by Crippen LogP contribution is 2.23. The SMILES string of the molecule is Cc1cc(-c2nnco2)ccc1NC(=O)CC1CNC1. The third-order valence-electron chi connectivity index (χ3n) is 3.45. The van der Waals surface area contributed by atoms with Crippen molar-refractivity contribution in [3.05, 3.63) is 30.2 Å². The van der Waals surface area contributed by atoms with E-state index in [9.17, 15) is 4.79 Å². The Morgan fingerprint density at radius 1 is 1.50 bits per heavy atom. The average molecular weight is 272 g/mol. The number of nitrogens with one attached hydrogen (secondary N) is 2. The normalized spacial score (nSPS) is 14.8. The van der Waals surface area contributed by atoms with Crippen molar-refractivity contribution in [3.63, 3.8) is 0 Å². The van der Waals surface area contributed by atoms with E-state index in [1.165, 1.54) is 6.39 Å². The maximum Gasteiger partial charge on any atom is 0.247 e. The molecule has 1 aliphatic rings. The van der Waals surface area contributed by atoms with E-state index in [2.05, 4.69) is 20.8 Å². The van der Waals surface area contributed by atoms with Crippen LogP contribution in [0.15, 0.2) is 29.0 Å². The molecule has 104 valence electrons. The first-order valence-corrected chi connectivity index (χ1v) is 6.60. The number of aromatic nitrogens is 2. The second-order valence-corrected chi connectivity index (χ2v) is 5.05. The molecule has 6 heteroatoms. The van der Waals surface area contributed by atoms with E-state index >= 15 is 0 Å². The molecule has 20 heavy (non-hydrogen) atoms. The van der Waals surface area contributed by atoms with Crippen LogP contribution in [-0.4, -0.2) is 29.2 Å². The molecule has 0 radical (unpaired) electrons. The van der Waals surface area contributed by atoms with Gasteiger partial charge in [-0.05, 0) is 49.7 Å². The van der Waals surface area contributed by atoms with Crippen LogP contribution in [0.5, 0.6) is 0 Å². The molecule has 1 amide bonds. The average Bonchev–Trinajstić information content (AvgIpc) is 2.90. The fourth-order valence-electron chi connectivity index (χ4n) is 2.19. The smallest absolute Gasteiger partial charge is 0.247 e. The number of benzene rings is 1. The van der Waals surface area contributed by atoms with Crippen LogP contribution >= 0.6 is 0 Å². The van der Waals surface area contributed by atoms with Gasteiger partial charge in [0.2, 0.25) is 18.2 Å². The molecule has 2 aromatic rings. The molecule has 0 unspecified atom stereocenters. The van der Waals surface area contributed by atoms with Gasteiger partial charge in [0.05, 0.1) is 0 Å². The zero-order valence-electron chi connectivity index (χ0n) is 11.2. The van der Waals surface area contributed by atoms with Crippen molar-refractivity contribution < 1.29 is 9.21 Å². The number of carbonyl (C=O) groups excluding carboxylic acids is 1. The van der Waals surface area contributed by atoms with Crippen LogP contribution in [0, 0.1) is 12.8 Å². The first-order valence-electron chi connectivity index (χ1n) is 6.60. The molecule has 2 N–H and O–H groups in total. The highest BCUT2D eigenvalue weighted by Gasteiger charge is 2.20. The van der Waals surface area contributed by atoms with Crippen molar-refractivity contribution in [1.29, 1.82) is 0 Å². The van der Waals surface area contributed by atoms with Gasteiger partial charge in [0.15, 0.2) is 0 Å². The van der Waals surface area contributed by atoms with Crippen LogP contribution < -0.4 is 10.6 Å². The van der Waals surface area contributed by atoms with Crippen LogP contribution in [0.3, 0.4) is 0 Å². The molecule has 1 aromatic carbocycles. The van der Waals surface area contributed by atoms with Crippen molar-refractivity contribution in [2.75, 3.05) is 18.4 Å². The third kappa shape index (κ3) is 2.70. The number of rotatable bonds is 4. The van der Waals surface area contributed by atoms with Gasteiger partial charge in [-0.3, -0.25) is 4.79 Å². The van der Waals surface area contributed by atoms with Crippen molar-refractivity contribution >= 4 is 11.6 Å². The number of hydrogen-bond acceptors (Lipinski definition) is 5. The molecule has 3 rings (SSSR count). The zero-order chi connectivity index (χ0) is 13.9. The van der Waals surface area contributed by atoms with E-state index in [1.807, 2.05) is 25.1 Å². The van der Waals surface area contributed by atoms with Crippen molar-refractivity contribution in [1.82, 2.24) is 15.5 Å².